The van der Waals surface area contributed by atoms with Crippen LogP contribution in [0.5, 0.6) is 5.75 Å². The van der Waals surface area contributed by atoms with E-state index >= 15 is 0 Å². The largest absolute Gasteiger partial charge is 0.507 e. The van der Waals surface area contributed by atoms with Gasteiger partial charge in [-0.2, -0.15) is 0 Å². The molecule has 1 aliphatic heterocycles. The minimum absolute atomic E-state index is 0.0774. The number of hydrogen-bond donors (Lipinski definition) is 1. The zero-order chi connectivity index (χ0) is 24.1. The lowest BCUT2D eigenvalue weighted by molar-refractivity contribution is -0.140. The highest BCUT2D eigenvalue weighted by Gasteiger charge is 2.46. The summed E-state index contributed by atoms with van der Waals surface area (Å²) in [7, 11) is 0. The number of aryl methyl sites for hydroxylation is 1. The van der Waals surface area contributed by atoms with Gasteiger partial charge >= 0.3 is 0 Å². The molecule has 1 N–H and O–H groups in total. The van der Waals surface area contributed by atoms with Gasteiger partial charge in [-0.05, 0) is 48.7 Å². The number of pyridine rings is 1. The first-order valence-electron chi connectivity index (χ1n) is 11.5. The Balaban J connectivity index is 1.78. The fraction of sp³-hybridized carbons (Fsp3) is 0.250. The molecule has 0 bridgehead atoms. The van der Waals surface area contributed by atoms with Gasteiger partial charge in [0.15, 0.2) is 0 Å². The van der Waals surface area contributed by atoms with Crippen molar-refractivity contribution in [2.45, 2.75) is 39.3 Å². The van der Waals surface area contributed by atoms with Crippen LogP contribution in [-0.2, 0) is 16.1 Å². The molecule has 174 valence electrons. The molecule has 1 aromatic heterocycles. The molecule has 6 nitrogen and oxygen atoms in total. The Morgan fingerprint density at radius 3 is 2.50 bits per heavy atom. The molecule has 34 heavy (non-hydrogen) atoms. The van der Waals surface area contributed by atoms with Crippen LogP contribution >= 0.6 is 0 Å². The van der Waals surface area contributed by atoms with Crippen molar-refractivity contribution in [1.29, 1.82) is 0 Å². The first kappa shape index (κ1) is 23.2. The van der Waals surface area contributed by atoms with Crippen LogP contribution in [0.25, 0.3) is 5.76 Å². The van der Waals surface area contributed by atoms with Crippen LogP contribution < -0.4 is 4.74 Å². The summed E-state index contributed by atoms with van der Waals surface area (Å²) in [5.74, 6) is -0.939. The van der Waals surface area contributed by atoms with Gasteiger partial charge in [0.2, 0.25) is 0 Å². The lowest BCUT2D eigenvalue weighted by Gasteiger charge is -2.25. The number of likely N-dealkylation sites (tertiary alicyclic amines) is 1. The van der Waals surface area contributed by atoms with Gasteiger partial charge < -0.3 is 14.7 Å². The van der Waals surface area contributed by atoms with Gasteiger partial charge in [0, 0.05) is 24.5 Å². The Hall–Kier alpha value is -3.93. The number of Topliss-reactive ketones (excluding diaryl/α,β-unsaturated/α-hetero) is 1. The smallest absolute Gasteiger partial charge is 0.295 e. The van der Waals surface area contributed by atoms with Gasteiger partial charge in [0.05, 0.1) is 18.2 Å². The molecule has 1 amide bonds. The zero-order valence-electron chi connectivity index (χ0n) is 19.4. The number of aromatic nitrogens is 1. The van der Waals surface area contributed by atoms with Crippen LogP contribution in [0.4, 0.5) is 0 Å². The van der Waals surface area contributed by atoms with Gasteiger partial charge in [0.1, 0.15) is 11.5 Å². The Morgan fingerprint density at radius 1 is 1.06 bits per heavy atom. The van der Waals surface area contributed by atoms with Gasteiger partial charge in [-0.15, -0.1) is 0 Å². The molecule has 0 aliphatic carbocycles. The van der Waals surface area contributed by atoms with Crippen LogP contribution in [0.15, 0.2) is 78.6 Å². The first-order chi connectivity index (χ1) is 16.5. The molecule has 6 heteroatoms. The predicted molar refractivity (Wildman–Crippen MR) is 130 cm³/mol. The van der Waals surface area contributed by atoms with Crippen LogP contribution in [0, 0.1) is 6.92 Å². The third-order valence-electron chi connectivity index (χ3n) is 5.91. The Kier molecular flexibility index (Phi) is 7.07. The average molecular weight is 457 g/mol. The molecule has 1 fully saturated rings. The number of nitrogens with zero attached hydrogens (tertiary/aromatic N) is 2. The third kappa shape index (κ3) is 4.86. The molecular weight excluding hydrogens is 428 g/mol. The van der Waals surface area contributed by atoms with Crippen molar-refractivity contribution >= 4 is 17.4 Å². The Labute approximate surface area is 199 Å². The summed E-state index contributed by atoms with van der Waals surface area (Å²) >= 11 is 0. The molecular formula is C28H28N2O4. The first-order valence-corrected chi connectivity index (χ1v) is 11.5. The maximum absolute atomic E-state index is 13.2. The van der Waals surface area contributed by atoms with Crippen LogP contribution in [0.1, 0.15) is 48.1 Å². The van der Waals surface area contributed by atoms with E-state index < -0.39 is 17.7 Å². The number of ketones is 1. The van der Waals surface area contributed by atoms with Crippen LogP contribution in [-0.4, -0.2) is 33.3 Å². The summed E-state index contributed by atoms with van der Waals surface area (Å²) in [6.45, 7) is 4.85. The van der Waals surface area contributed by atoms with E-state index in [1.807, 2.05) is 49.4 Å². The SMILES string of the molecule is CCCCOc1cccc(/C(O)=C2\C(=O)C(=O)N(Cc3ccncc3)C2c2ccc(C)cc2)c1. The monoisotopic (exact) mass is 456 g/mol. The second kappa shape index (κ2) is 10.3. The number of hydrogen-bond acceptors (Lipinski definition) is 5. The fourth-order valence-electron chi connectivity index (χ4n) is 4.05. The van der Waals surface area contributed by atoms with Crippen LogP contribution in [0.2, 0.25) is 0 Å². The lowest BCUT2D eigenvalue weighted by Crippen LogP contribution is -2.29. The van der Waals surface area contributed by atoms with E-state index in [2.05, 4.69) is 11.9 Å². The minimum atomic E-state index is -0.710. The minimum Gasteiger partial charge on any atom is -0.507 e. The van der Waals surface area contributed by atoms with Crippen molar-refractivity contribution in [1.82, 2.24) is 9.88 Å². The predicted octanol–water partition coefficient (Wildman–Crippen LogP) is 5.19. The quantitative estimate of drug-likeness (QED) is 0.218. The summed E-state index contributed by atoms with van der Waals surface area (Å²) in [5, 5.41) is 11.3. The Bertz CT molecular complexity index is 1200. The molecule has 0 radical (unpaired) electrons. The second-order valence-electron chi connectivity index (χ2n) is 8.42. The molecule has 0 spiro atoms. The van der Waals surface area contributed by atoms with Crippen molar-refractivity contribution < 1.29 is 19.4 Å². The van der Waals surface area contributed by atoms with Gasteiger partial charge in [-0.3, -0.25) is 14.6 Å². The number of aliphatic hydroxyl groups excluding tert-OH is 1. The Morgan fingerprint density at radius 2 is 1.79 bits per heavy atom. The number of aliphatic hydroxyl groups is 1. The number of rotatable bonds is 8. The summed E-state index contributed by atoms with van der Waals surface area (Å²) in [4.78, 5) is 31.9. The topological polar surface area (TPSA) is 79.7 Å². The second-order valence-corrected chi connectivity index (χ2v) is 8.42. The van der Waals surface area contributed by atoms with E-state index in [1.165, 1.54) is 4.90 Å². The van der Waals surface area contributed by atoms with E-state index in [4.69, 9.17) is 4.74 Å². The number of carbonyl (C=O) groups excluding carboxylic acids is 2. The molecule has 1 aliphatic rings. The summed E-state index contributed by atoms with van der Waals surface area (Å²) in [6.07, 6.45) is 5.23. The maximum atomic E-state index is 13.2. The van der Waals surface area contributed by atoms with E-state index in [0.29, 0.717) is 17.9 Å². The summed E-state index contributed by atoms with van der Waals surface area (Å²) in [5.41, 5.74) is 3.18. The van der Waals surface area contributed by atoms with E-state index in [0.717, 1.165) is 29.5 Å². The number of amides is 1. The van der Waals surface area contributed by atoms with Crippen molar-refractivity contribution in [3.63, 3.8) is 0 Å². The third-order valence-corrected chi connectivity index (χ3v) is 5.91. The highest BCUT2D eigenvalue weighted by Crippen LogP contribution is 2.40. The number of carbonyl (C=O) groups is 2. The molecule has 1 unspecified atom stereocenters. The van der Waals surface area contributed by atoms with Crippen molar-refractivity contribution in [2.24, 2.45) is 0 Å². The highest BCUT2D eigenvalue weighted by atomic mass is 16.5. The van der Waals surface area contributed by atoms with E-state index in [-0.39, 0.29) is 17.9 Å². The zero-order valence-corrected chi connectivity index (χ0v) is 19.4. The molecule has 0 saturated carbocycles. The van der Waals surface area contributed by atoms with E-state index in [1.54, 1.807) is 30.6 Å². The molecule has 2 heterocycles. The van der Waals surface area contributed by atoms with Gasteiger partial charge in [0.25, 0.3) is 11.7 Å². The molecule has 4 rings (SSSR count). The van der Waals surface area contributed by atoms with Gasteiger partial charge in [-0.1, -0.05) is 55.3 Å². The molecule has 3 aromatic rings. The molecule has 2 aromatic carbocycles. The molecule has 1 saturated heterocycles. The standard InChI is InChI=1S/C28H28N2O4/c1-3-4-16-34-23-7-5-6-22(17-23)26(31)24-25(21-10-8-19(2)9-11-21)30(28(33)27(24)32)18-20-12-14-29-15-13-20/h5-15,17,25,31H,3-4,16,18H2,1-2H3/b26-24+. The van der Waals surface area contributed by atoms with Crippen molar-refractivity contribution in [3.8, 4) is 5.75 Å². The normalized spacial score (nSPS) is 17.2. The van der Waals surface area contributed by atoms with Crippen molar-refractivity contribution in [3.05, 3.63) is 101 Å². The van der Waals surface area contributed by atoms with E-state index in [9.17, 15) is 14.7 Å². The van der Waals surface area contributed by atoms with Crippen molar-refractivity contribution in [2.75, 3.05) is 6.61 Å². The number of ether oxygens (including phenoxy) is 1. The van der Waals surface area contributed by atoms with Gasteiger partial charge in [-0.25, -0.2) is 0 Å². The average Bonchev–Trinajstić information content (AvgIpc) is 3.10. The number of unbranched alkanes of at least 4 members (excludes halogenated alkanes) is 1. The summed E-state index contributed by atoms with van der Waals surface area (Å²) in [6, 6.07) is 17.6. The number of benzene rings is 2. The maximum Gasteiger partial charge on any atom is 0.295 e. The molecule has 1 atom stereocenters. The summed E-state index contributed by atoms with van der Waals surface area (Å²) < 4.78 is 5.77. The fourth-order valence-corrected chi connectivity index (χ4v) is 4.05. The van der Waals surface area contributed by atoms with Crippen LogP contribution in [0.3, 0.4) is 0 Å². The lowest BCUT2D eigenvalue weighted by atomic mass is 9.94. The highest BCUT2D eigenvalue weighted by molar-refractivity contribution is 6.46.